The van der Waals surface area contributed by atoms with Gasteiger partial charge in [-0.25, -0.2) is 4.79 Å². The van der Waals surface area contributed by atoms with Crippen molar-refractivity contribution in [3.8, 4) is 0 Å². The Morgan fingerprint density at radius 3 is 1.50 bits per heavy atom. The molecule has 0 rings (SSSR count). The van der Waals surface area contributed by atoms with Gasteiger partial charge in [0.25, 0.3) is 0 Å². The molecular weight excluding hydrogens is 376 g/mol. The number of esters is 3. The van der Waals surface area contributed by atoms with E-state index in [1.807, 2.05) is 0 Å². The molecule has 0 aliphatic heterocycles. The highest BCUT2D eigenvalue weighted by molar-refractivity contribution is 5.79. The SMILES string of the molecule is CCCC(=O)O[C@@H]([C@H](OC(=O)CCC)[C@@H](OC(=O)CCC)C(=O)O)[C@H](O)CO. The number of aliphatic hydroxyl groups is 2. The van der Waals surface area contributed by atoms with Crippen LogP contribution >= 0.6 is 0 Å². The Morgan fingerprint density at radius 1 is 0.750 bits per heavy atom. The Kier molecular flexibility index (Phi) is 12.8. The highest BCUT2D eigenvalue weighted by Gasteiger charge is 2.45. The topological polar surface area (TPSA) is 157 Å². The first-order valence-electron chi connectivity index (χ1n) is 9.31. The maximum atomic E-state index is 12.0. The minimum Gasteiger partial charge on any atom is -0.478 e. The maximum Gasteiger partial charge on any atom is 0.349 e. The Bertz CT molecular complexity index is 518. The molecule has 162 valence electrons. The molecule has 0 unspecified atom stereocenters. The van der Waals surface area contributed by atoms with Gasteiger partial charge in [0.05, 0.1) is 6.61 Å². The van der Waals surface area contributed by atoms with E-state index in [2.05, 4.69) is 0 Å². The average Bonchev–Trinajstić information content (AvgIpc) is 2.62. The lowest BCUT2D eigenvalue weighted by atomic mass is 10.0. The van der Waals surface area contributed by atoms with Gasteiger partial charge in [0.15, 0.2) is 12.2 Å². The molecule has 0 aliphatic carbocycles. The number of carbonyl (C=O) groups is 4. The molecule has 0 amide bonds. The summed E-state index contributed by atoms with van der Waals surface area (Å²) in [5.41, 5.74) is 0. The first kappa shape index (κ1) is 25.8. The fourth-order valence-corrected chi connectivity index (χ4v) is 2.26. The number of hydrogen-bond donors (Lipinski definition) is 3. The number of carboxylic acids is 1. The van der Waals surface area contributed by atoms with Gasteiger partial charge in [-0.1, -0.05) is 20.8 Å². The van der Waals surface area contributed by atoms with Crippen molar-refractivity contribution in [1.82, 2.24) is 0 Å². The van der Waals surface area contributed by atoms with Gasteiger partial charge in [-0.05, 0) is 19.3 Å². The Balaban J connectivity index is 5.88. The van der Waals surface area contributed by atoms with Crippen LogP contribution < -0.4 is 0 Å². The van der Waals surface area contributed by atoms with Crippen molar-refractivity contribution in [2.24, 2.45) is 0 Å². The fourth-order valence-electron chi connectivity index (χ4n) is 2.26. The number of carboxylic acid groups (broad SMARTS) is 1. The van der Waals surface area contributed by atoms with Crippen LogP contribution in [-0.4, -0.2) is 70.2 Å². The van der Waals surface area contributed by atoms with E-state index in [9.17, 15) is 34.5 Å². The van der Waals surface area contributed by atoms with Crippen molar-refractivity contribution in [2.45, 2.75) is 83.7 Å². The maximum absolute atomic E-state index is 12.0. The molecule has 0 spiro atoms. The van der Waals surface area contributed by atoms with Crippen LogP contribution in [0.25, 0.3) is 0 Å². The molecule has 0 heterocycles. The van der Waals surface area contributed by atoms with E-state index < -0.39 is 54.9 Å². The van der Waals surface area contributed by atoms with Gasteiger partial charge in [0, 0.05) is 19.3 Å². The monoisotopic (exact) mass is 406 g/mol. The zero-order chi connectivity index (χ0) is 21.7. The number of aliphatic hydroxyl groups excluding tert-OH is 2. The van der Waals surface area contributed by atoms with E-state index in [1.54, 1.807) is 20.8 Å². The minimum absolute atomic E-state index is 0.0440. The van der Waals surface area contributed by atoms with Gasteiger partial charge < -0.3 is 29.5 Å². The number of ether oxygens (including phenoxy) is 3. The van der Waals surface area contributed by atoms with Crippen LogP contribution in [0.2, 0.25) is 0 Å². The zero-order valence-corrected chi connectivity index (χ0v) is 16.5. The summed E-state index contributed by atoms with van der Waals surface area (Å²) in [6.45, 7) is 4.17. The molecule has 0 saturated carbocycles. The number of aliphatic carboxylic acids is 1. The molecule has 0 saturated heterocycles. The second kappa shape index (κ2) is 13.9. The highest BCUT2D eigenvalue weighted by Crippen LogP contribution is 2.19. The fraction of sp³-hybridized carbons (Fsp3) is 0.778. The van der Waals surface area contributed by atoms with Crippen LogP contribution in [0.5, 0.6) is 0 Å². The van der Waals surface area contributed by atoms with Gasteiger partial charge in [0.2, 0.25) is 6.10 Å². The van der Waals surface area contributed by atoms with Crippen molar-refractivity contribution >= 4 is 23.9 Å². The smallest absolute Gasteiger partial charge is 0.349 e. The molecule has 0 aromatic heterocycles. The lowest BCUT2D eigenvalue weighted by Gasteiger charge is -2.32. The van der Waals surface area contributed by atoms with Crippen LogP contribution in [0, 0.1) is 0 Å². The van der Waals surface area contributed by atoms with Crippen LogP contribution in [0.15, 0.2) is 0 Å². The standard InChI is InChI=1S/C18H30O10/c1-4-7-12(21)26-15(11(20)10-19)16(27-13(22)8-5-2)17(18(24)25)28-14(23)9-6-3/h11,15-17,19-20H,4-10H2,1-3H3,(H,24,25)/t11-,15-,16+,17-/m1/s1. The third-order valence-corrected chi connectivity index (χ3v) is 3.59. The predicted molar refractivity (Wildman–Crippen MR) is 95.1 cm³/mol. The zero-order valence-electron chi connectivity index (χ0n) is 16.5. The molecular formula is C18H30O10. The summed E-state index contributed by atoms with van der Waals surface area (Å²) in [7, 11) is 0. The van der Waals surface area contributed by atoms with E-state index in [4.69, 9.17) is 14.2 Å². The molecule has 28 heavy (non-hydrogen) atoms. The molecule has 0 fully saturated rings. The quantitative estimate of drug-likeness (QED) is 0.275. The average molecular weight is 406 g/mol. The second-order valence-corrected chi connectivity index (χ2v) is 6.16. The third kappa shape index (κ3) is 9.14. The third-order valence-electron chi connectivity index (χ3n) is 3.59. The first-order chi connectivity index (χ1) is 13.2. The minimum atomic E-state index is -2.03. The lowest BCUT2D eigenvalue weighted by molar-refractivity contribution is -0.203. The summed E-state index contributed by atoms with van der Waals surface area (Å²) >= 11 is 0. The molecule has 10 nitrogen and oxygen atoms in total. The van der Waals surface area contributed by atoms with Crippen molar-refractivity contribution in [3.63, 3.8) is 0 Å². The molecule has 0 aromatic rings. The van der Waals surface area contributed by atoms with E-state index in [1.165, 1.54) is 0 Å². The van der Waals surface area contributed by atoms with E-state index in [-0.39, 0.29) is 19.3 Å². The number of hydrogen-bond acceptors (Lipinski definition) is 9. The van der Waals surface area contributed by atoms with Crippen molar-refractivity contribution in [3.05, 3.63) is 0 Å². The normalized spacial score (nSPS) is 15.0. The molecule has 3 N–H and O–H groups in total. The summed E-state index contributed by atoms with van der Waals surface area (Å²) < 4.78 is 15.1. The summed E-state index contributed by atoms with van der Waals surface area (Å²) in [5.74, 6) is -4.13. The van der Waals surface area contributed by atoms with Crippen LogP contribution in [-0.2, 0) is 33.4 Å². The number of rotatable bonds is 14. The largest absolute Gasteiger partial charge is 0.478 e. The number of carbonyl (C=O) groups excluding carboxylic acids is 3. The van der Waals surface area contributed by atoms with Gasteiger partial charge in [-0.3, -0.25) is 14.4 Å². The van der Waals surface area contributed by atoms with Gasteiger partial charge in [-0.15, -0.1) is 0 Å². The Hall–Kier alpha value is -2.20. The molecule has 0 bridgehead atoms. The molecule has 0 radical (unpaired) electrons. The summed E-state index contributed by atoms with van der Waals surface area (Å²) in [6.07, 6.45) is -6.36. The Labute approximate surface area is 163 Å². The lowest BCUT2D eigenvalue weighted by Crippen LogP contribution is -2.54. The van der Waals surface area contributed by atoms with Crippen molar-refractivity contribution < 1.29 is 48.7 Å². The highest BCUT2D eigenvalue weighted by atomic mass is 16.6. The van der Waals surface area contributed by atoms with Crippen molar-refractivity contribution in [1.29, 1.82) is 0 Å². The van der Waals surface area contributed by atoms with Crippen LogP contribution in [0.4, 0.5) is 0 Å². The molecule has 10 heteroatoms. The predicted octanol–water partition coefficient (Wildman–Crippen LogP) is 0.560. The Morgan fingerprint density at radius 2 is 1.14 bits per heavy atom. The van der Waals surface area contributed by atoms with Crippen LogP contribution in [0.3, 0.4) is 0 Å². The van der Waals surface area contributed by atoms with E-state index in [0.717, 1.165) is 0 Å². The molecule has 0 aromatic carbocycles. The van der Waals surface area contributed by atoms with E-state index in [0.29, 0.717) is 19.3 Å². The second-order valence-electron chi connectivity index (χ2n) is 6.16. The van der Waals surface area contributed by atoms with Crippen molar-refractivity contribution in [2.75, 3.05) is 6.61 Å². The van der Waals surface area contributed by atoms with E-state index >= 15 is 0 Å². The molecule has 0 aliphatic rings. The van der Waals surface area contributed by atoms with Gasteiger partial charge in [-0.2, -0.15) is 0 Å². The van der Waals surface area contributed by atoms with Gasteiger partial charge in [0.1, 0.15) is 6.10 Å². The molecule has 4 atom stereocenters. The van der Waals surface area contributed by atoms with Crippen LogP contribution in [0.1, 0.15) is 59.3 Å². The first-order valence-corrected chi connectivity index (χ1v) is 9.31. The van der Waals surface area contributed by atoms with Gasteiger partial charge >= 0.3 is 23.9 Å². The summed E-state index contributed by atoms with van der Waals surface area (Å²) in [4.78, 5) is 47.4. The summed E-state index contributed by atoms with van der Waals surface area (Å²) in [6, 6.07) is 0. The summed E-state index contributed by atoms with van der Waals surface area (Å²) in [5, 5.41) is 28.8.